The average Bonchev–Trinajstić information content (AvgIpc) is 3.16. The van der Waals surface area contributed by atoms with Crippen molar-refractivity contribution in [3.8, 4) is 5.75 Å². The molecule has 8 nitrogen and oxygen atoms in total. The van der Waals surface area contributed by atoms with Crippen molar-refractivity contribution in [2.75, 3.05) is 26.7 Å². The molecule has 0 radical (unpaired) electrons. The van der Waals surface area contributed by atoms with Crippen molar-refractivity contribution in [2.45, 2.75) is 39.7 Å². The lowest BCUT2D eigenvalue weighted by atomic mass is 9.96. The van der Waals surface area contributed by atoms with Gasteiger partial charge in [-0.3, -0.25) is 9.69 Å². The largest absolute Gasteiger partial charge is 0.497 e. The van der Waals surface area contributed by atoms with E-state index >= 15 is 0 Å². The highest BCUT2D eigenvalue weighted by Gasteiger charge is 2.20. The lowest BCUT2D eigenvalue weighted by Gasteiger charge is -2.32. The van der Waals surface area contributed by atoms with E-state index in [0.29, 0.717) is 24.1 Å². The van der Waals surface area contributed by atoms with Crippen molar-refractivity contribution in [1.82, 2.24) is 29.8 Å². The zero-order valence-corrected chi connectivity index (χ0v) is 18.5. The molecule has 3 heterocycles. The van der Waals surface area contributed by atoms with E-state index < -0.39 is 0 Å². The summed E-state index contributed by atoms with van der Waals surface area (Å²) < 4.78 is 6.91. The van der Waals surface area contributed by atoms with Crippen LogP contribution in [0.25, 0.3) is 5.78 Å². The van der Waals surface area contributed by atoms with Crippen LogP contribution in [0, 0.1) is 19.8 Å². The van der Waals surface area contributed by atoms with Gasteiger partial charge in [-0.05, 0) is 69.5 Å². The summed E-state index contributed by atoms with van der Waals surface area (Å²) in [6, 6.07) is 10.2. The second-order valence-corrected chi connectivity index (χ2v) is 8.33. The number of hydrogen-bond acceptors (Lipinski definition) is 6. The Morgan fingerprint density at radius 3 is 2.61 bits per heavy atom. The molecule has 1 amide bonds. The highest BCUT2D eigenvalue weighted by Crippen LogP contribution is 2.19. The molecule has 164 valence electrons. The molecule has 4 rings (SSSR count). The number of benzene rings is 1. The maximum absolute atomic E-state index is 12.4. The van der Waals surface area contributed by atoms with Gasteiger partial charge >= 0.3 is 0 Å². The molecule has 0 bridgehead atoms. The fourth-order valence-corrected chi connectivity index (χ4v) is 4.08. The fourth-order valence-electron chi connectivity index (χ4n) is 4.08. The third-order valence-corrected chi connectivity index (χ3v) is 5.84. The molecule has 1 aliphatic rings. The molecular formula is C23H30N6O2. The average molecular weight is 423 g/mol. The van der Waals surface area contributed by atoms with Crippen LogP contribution in [-0.4, -0.2) is 57.1 Å². The highest BCUT2D eigenvalue weighted by atomic mass is 16.5. The Bertz CT molecular complexity index is 1040. The van der Waals surface area contributed by atoms with Gasteiger partial charge in [-0.2, -0.15) is 4.98 Å². The number of methoxy groups -OCH3 is 1. The van der Waals surface area contributed by atoms with E-state index in [9.17, 15) is 4.79 Å². The first kappa shape index (κ1) is 21.2. The molecule has 1 N–H and O–H groups in total. The first-order chi connectivity index (χ1) is 15.0. The molecule has 8 heteroatoms. The summed E-state index contributed by atoms with van der Waals surface area (Å²) in [6.45, 7) is 7.64. The number of carbonyl (C=O) groups is 1. The molecule has 0 aliphatic carbocycles. The van der Waals surface area contributed by atoms with Gasteiger partial charge in [0.25, 0.3) is 5.78 Å². The van der Waals surface area contributed by atoms with Crippen LogP contribution < -0.4 is 10.1 Å². The summed E-state index contributed by atoms with van der Waals surface area (Å²) in [5, 5.41) is 7.48. The minimum atomic E-state index is -0.0362. The van der Waals surface area contributed by atoms with Crippen LogP contribution in [0.4, 0.5) is 0 Å². The van der Waals surface area contributed by atoms with Crippen LogP contribution in [0.2, 0.25) is 0 Å². The molecule has 1 aliphatic heterocycles. The smallest absolute Gasteiger partial charge is 0.252 e. The van der Waals surface area contributed by atoms with Crippen molar-refractivity contribution >= 4 is 11.7 Å². The number of nitrogens with one attached hydrogen (secondary N) is 1. The Kier molecular flexibility index (Phi) is 6.46. The van der Waals surface area contributed by atoms with Crippen molar-refractivity contribution < 1.29 is 9.53 Å². The summed E-state index contributed by atoms with van der Waals surface area (Å²) in [4.78, 5) is 23.6. The van der Waals surface area contributed by atoms with E-state index in [0.717, 1.165) is 49.6 Å². The Morgan fingerprint density at radius 1 is 1.16 bits per heavy atom. The Hall–Kier alpha value is -3.00. The summed E-state index contributed by atoms with van der Waals surface area (Å²) >= 11 is 0. The SMILES string of the molecule is COc1ccc(CN2CCC(CNC(=O)Cc3nc4nc(C)cc(C)n4n3)CC2)cc1. The monoisotopic (exact) mass is 422 g/mol. The minimum Gasteiger partial charge on any atom is -0.497 e. The molecule has 1 saturated heterocycles. The number of nitrogens with zero attached hydrogens (tertiary/aromatic N) is 5. The van der Waals surface area contributed by atoms with E-state index in [1.54, 1.807) is 11.6 Å². The number of rotatable bonds is 7. The predicted molar refractivity (Wildman–Crippen MR) is 118 cm³/mol. The zero-order valence-electron chi connectivity index (χ0n) is 18.5. The van der Waals surface area contributed by atoms with Gasteiger partial charge in [-0.25, -0.2) is 9.50 Å². The van der Waals surface area contributed by atoms with Crippen molar-refractivity contribution in [3.05, 3.63) is 53.1 Å². The van der Waals surface area contributed by atoms with Gasteiger partial charge in [0.05, 0.1) is 13.5 Å². The maximum atomic E-state index is 12.4. The number of piperidine rings is 1. The van der Waals surface area contributed by atoms with Gasteiger partial charge in [0.2, 0.25) is 5.91 Å². The molecule has 0 spiro atoms. The van der Waals surface area contributed by atoms with Gasteiger partial charge < -0.3 is 10.1 Å². The first-order valence-corrected chi connectivity index (χ1v) is 10.8. The van der Waals surface area contributed by atoms with E-state index in [-0.39, 0.29) is 12.3 Å². The van der Waals surface area contributed by atoms with Crippen molar-refractivity contribution in [3.63, 3.8) is 0 Å². The number of hydrogen-bond donors (Lipinski definition) is 1. The number of amides is 1. The van der Waals surface area contributed by atoms with E-state index in [1.807, 2.05) is 32.0 Å². The summed E-state index contributed by atoms with van der Waals surface area (Å²) in [7, 11) is 1.69. The summed E-state index contributed by atoms with van der Waals surface area (Å²) in [6.07, 6.45) is 2.36. The third kappa shape index (κ3) is 5.38. The third-order valence-electron chi connectivity index (χ3n) is 5.84. The number of likely N-dealkylation sites (tertiary alicyclic amines) is 1. The van der Waals surface area contributed by atoms with E-state index in [2.05, 4.69) is 37.4 Å². The second kappa shape index (κ2) is 9.43. The van der Waals surface area contributed by atoms with Crippen LogP contribution in [0.15, 0.2) is 30.3 Å². The summed E-state index contributed by atoms with van der Waals surface area (Å²) in [5.74, 6) is 2.42. The lowest BCUT2D eigenvalue weighted by Crippen LogP contribution is -2.38. The summed E-state index contributed by atoms with van der Waals surface area (Å²) in [5.41, 5.74) is 3.15. The Labute approximate surface area is 182 Å². The zero-order chi connectivity index (χ0) is 21.8. The van der Waals surface area contributed by atoms with E-state index in [1.165, 1.54) is 5.56 Å². The standard InChI is InChI=1S/C23H30N6O2/c1-16-12-17(2)29-23(25-16)26-21(27-29)13-22(30)24-14-18-8-10-28(11-9-18)15-19-4-6-20(31-3)7-5-19/h4-7,12,18H,8-11,13-15H2,1-3H3,(H,24,30). The van der Waals surface area contributed by atoms with Crippen molar-refractivity contribution in [1.29, 1.82) is 0 Å². The molecule has 2 aromatic heterocycles. The molecule has 1 fully saturated rings. The predicted octanol–water partition coefficient (Wildman–Crippen LogP) is 2.32. The molecule has 3 aromatic rings. The van der Waals surface area contributed by atoms with Crippen LogP contribution in [0.3, 0.4) is 0 Å². The van der Waals surface area contributed by atoms with Gasteiger partial charge in [-0.15, -0.1) is 5.10 Å². The number of aryl methyl sites for hydroxylation is 2. The fraction of sp³-hybridized carbons (Fsp3) is 0.478. The first-order valence-electron chi connectivity index (χ1n) is 10.8. The Morgan fingerprint density at radius 2 is 1.90 bits per heavy atom. The van der Waals surface area contributed by atoms with Gasteiger partial charge in [-0.1, -0.05) is 12.1 Å². The number of ether oxygens (including phenoxy) is 1. The van der Waals surface area contributed by atoms with Crippen LogP contribution in [0.5, 0.6) is 5.75 Å². The van der Waals surface area contributed by atoms with Crippen molar-refractivity contribution in [2.24, 2.45) is 5.92 Å². The highest BCUT2D eigenvalue weighted by molar-refractivity contribution is 5.77. The Balaban J connectivity index is 1.21. The second-order valence-electron chi connectivity index (χ2n) is 8.33. The number of carbonyl (C=O) groups excluding carboxylic acids is 1. The minimum absolute atomic E-state index is 0.0362. The number of fused-ring (bicyclic) bond motifs is 1. The molecule has 1 aromatic carbocycles. The van der Waals surface area contributed by atoms with Crippen LogP contribution in [0.1, 0.15) is 35.6 Å². The topological polar surface area (TPSA) is 84.6 Å². The molecule has 31 heavy (non-hydrogen) atoms. The number of aromatic nitrogens is 4. The van der Waals surface area contributed by atoms with Gasteiger partial charge in [0, 0.05) is 24.5 Å². The molecule has 0 atom stereocenters. The quantitative estimate of drug-likeness (QED) is 0.629. The van der Waals surface area contributed by atoms with Crippen LogP contribution >= 0.6 is 0 Å². The maximum Gasteiger partial charge on any atom is 0.252 e. The molecule has 0 saturated carbocycles. The normalized spacial score (nSPS) is 15.3. The van der Waals surface area contributed by atoms with Gasteiger partial charge in [0.15, 0.2) is 5.82 Å². The molecule has 0 unspecified atom stereocenters. The van der Waals surface area contributed by atoms with Crippen LogP contribution in [-0.2, 0) is 17.8 Å². The molecular weight excluding hydrogens is 392 g/mol. The van der Waals surface area contributed by atoms with Gasteiger partial charge in [0.1, 0.15) is 5.75 Å². The van der Waals surface area contributed by atoms with E-state index in [4.69, 9.17) is 4.74 Å². The lowest BCUT2D eigenvalue weighted by molar-refractivity contribution is -0.120.